The van der Waals surface area contributed by atoms with E-state index in [0.29, 0.717) is 16.2 Å². The second-order valence-corrected chi connectivity index (χ2v) is 10.2. The van der Waals surface area contributed by atoms with Crippen molar-refractivity contribution in [3.05, 3.63) is 0 Å². The molecule has 0 spiro atoms. The van der Waals surface area contributed by atoms with E-state index in [4.69, 9.17) is 0 Å². The Morgan fingerprint density at radius 1 is 0.895 bits per heavy atom. The summed E-state index contributed by atoms with van der Waals surface area (Å²) in [6, 6.07) is 0. The van der Waals surface area contributed by atoms with Gasteiger partial charge in [0.1, 0.15) is 0 Å². The summed E-state index contributed by atoms with van der Waals surface area (Å²) in [4.78, 5) is 2.62. The maximum Gasteiger partial charge on any atom is 0.0217 e. The lowest BCUT2D eigenvalue weighted by Gasteiger charge is -2.55. The average Bonchev–Trinajstić information content (AvgIpc) is 2.21. The number of nitrogens with zero attached hydrogens (tertiary/aromatic N) is 1. The zero-order chi connectivity index (χ0) is 15.5. The van der Waals surface area contributed by atoms with E-state index >= 15 is 0 Å². The molecule has 1 aliphatic heterocycles. The second-order valence-electron chi connectivity index (χ2n) is 10.2. The van der Waals surface area contributed by atoms with Crippen LogP contribution < -0.4 is 0 Å². The zero-order valence-electron chi connectivity index (χ0n) is 15.4. The van der Waals surface area contributed by atoms with Gasteiger partial charge in [-0.25, -0.2) is 0 Å². The van der Waals surface area contributed by atoms with Crippen molar-refractivity contribution in [2.45, 2.75) is 93.2 Å². The van der Waals surface area contributed by atoms with Crippen molar-refractivity contribution >= 4 is 0 Å². The highest BCUT2D eigenvalue weighted by atomic mass is 15.3. The van der Waals surface area contributed by atoms with Gasteiger partial charge in [0.25, 0.3) is 0 Å². The summed E-state index contributed by atoms with van der Waals surface area (Å²) in [6.07, 6.45) is 2.56. The summed E-state index contributed by atoms with van der Waals surface area (Å²) in [5.74, 6) is 0. The number of rotatable bonds is 1. The minimum Gasteiger partial charge on any atom is -0.296 e. The van der Waals surface area contributed by atoms with Crippen LogP contribution in [0.4, 0.5) is 0 Å². The molecule has 0 amide bonds. The Hall–Kier alpha value is -0.0400. The third-order valence-corrected chi connectivity index (χ3v) is 5.92. The van der Waals surface area contributed by atoms with Gasteiger partial charge in [0.15, 0.2) is 0 Å². The maximum atomic E-state index is 2.62. The van der Waals surface area contributed by atoms with E-state index in [-0.39, 0.29) is 11.1 Å². The van der Waals surface area contributed by atoms with Crippen molar-refractivity contribution in [2.24, 2.45) is 16.2 Å². The van der Waals surface area contributed by atoms with Gasteiger partial charge in [0.2, 0.25) is 0 Å². The molecular formula is C18H37N. The molecular weight excluding hydrogens is 230 g/mol. The summed E-state index contributed by atoms with van der Waals surface area (Å²) in [5, 5.41) is 0. The van der Waals surface area contributed by atoms with Crippen molar-refractivity contribution in [1.82, 2.24) is 4.90 Å². The van der Waals surface area contributed by atoms with Crippen LogP contribution in [-0.2, 0) is 0 Å². The van der Waals surface area contributed by atoms with Gasteiger partial charge in [-0.2, -0.15) is 0 Å². The SMILES string of the molecule is CN1C(C)(C)CC(CC(C)(C)C)(C(C)(C)C)C1(C)C. The van der Waals surface area contributed by atoms with E-state index in [9.17, 15) is 0 Å². The van der Waals surface area contributed by atoms with Crippen LogP contribution >= 0.6 is 0 Å². The fraction of sp³-hybridized carbons (Fsp3) is 1.00. The smallest absolute Gasteiger partial charge is 0.0217 e. The van der Waals surface area contributed by atoms with E-state index in [1.165, 1.54) is 12.8 Å². The Labute approximate surface area is 122 Å². The second kappa shape index (κ2) is 4.23. The van der Waals surface area contributed by atoms with E-state index in [0.717, 1.165) is 0 Å². The standard InChI is InChI=1S/C18H37N/c1-14(2,3)12-18(15(4,5)6)13-16(7,8)19(11)17(18,9)10/h12-13H2,1-11H3. The highest BCUT2D eigenvalue weighted by Crippen LogP contribution is 2.64. The first-order valence-corrected chi connectivity index (χ1v) is 7.81. The third-order valence-electron chi connectivity index (χ3n) is 5.92. The quantitative estimate of drug-likeness (QED) is 0.619. The molecule has 0 aromatic carbocycles. The molecule has 1 atom stereocenters. The largest absolute Gasteiger partial charge is 0.296 e. The highest BCUT2D eigenvalue weighted by molar-refractivity contribution is 5.17. The van der Waals surface area contributed by atoms with Gasteiger partial charge in [-0.05, 0) is 63.8 Å². The normalized spacial score (nSPS) is 31.7. The molecule has 0 bridgehead atoms. The lowest BCUT2D eigenvalue weighted by atomic mass is 9.52. The first-order chi connectivity index (χ1) is 8.07. The Bertz CT molecular complexity index is 334. The van der Waals surface area contributed by atoms with Crippen LogP contribution in [0.15, 0.2) is 0 Å². The van der Waals surface area contributed by atoms with Gasteiger partial charge in [0, 0.05) is 11.1 Å². The van der Waals surface area contributed by atoms with Gasteiger partial charge in [-0.15, -0.1) is 0 Å². The third kappa shape index (κ3) is 2.60. The minimum absolute atomic E-state index is 0.224. The van der Waals surface area contributed by atoms with Crippen molar-refractivity contribution in [1.29, 1.82) is 0 Å². The molecule has 1 fully saturated rings. The maximum absolute atomic E-state index is 2.62. The number of hydrogen-bond donors (Lipinski definition) is 0. The Morgan fingerprint density at radius 2 is 1.32 bits per heavy atom. The molecule has 1 aliphatic rings. The van der Waals surface area contributed by atoms with Gasteiger partial charge in [-0.3, -0.25) is 4.90 Å². The summed E-state index contributed by atoms with van der Waals surface area (Å²) < 4.78 is 0. The van der Waals surface area contributed by atoms with Crippen LogP contribution in [0.25, 0.3) is 0 Å². The molecule has 0 aromatic heterocycles. The molecule has 1 unspecified atom stereocenters. The molecule has 1 saturated heterocycles. The Kier molecular flexibility index (Phi) is 3.78. The molecule has 1 heteroatoms. The minimum atomic E-state index is 0.224. The van der Waals surface area contributed by atoms with Crippen LogP contribution in [0.5, 0.6) is 0 Å². The van der Waals surface area contributed by atoms with E-state index in [1.54, 1.807) is 0 Å². The number of likely N-dealkylation sites (tertiary alicyclic amines) is 1. The molecule has 1 heterocycles. The van der Waals surface area contributed by atoms with Crippen LogP contribution in [0.2, 0.25) is 0 Å². The summed E-state index contributed by atoms with van der Waals surface area (Å²) in [5.41, 5.74) is 1.53. The fourth-order valence-corrected chi connectivity index (χ4v) is 4.78. The van der Waals surface area contributed by atoms with Gasteiger partial charge < -0.3 is 0 Å². The van der Waals surface area contributed by atoms with Crippen LogP contribution in [0.1, 0.15) is 82.1 Å². The molecule has 0 saturated carbocycles. The molecule has 0 radical (unpaired) electrons. The van der Waals surface area contributed by atoms with E-state index < -0.39 is 0 Å². The van der Waals surface area contributed by atoms with Crippen molar-refractivity contribution in [2.75, 3.05) is 7.05 Å². The predicted molar refractivity (Wildman–Crippen MR) is 86.5 cm³/mol. The van der Waals surface area contributed by atoms with Crippen LogP contribution in [-0.4, -0.2) is 23.0 Å². The molecule has 0 aliphatic carbocycles. The first kappa shape index (κ1) is 17.0. The van der Waals surface area contributed by atoms with Crippen LogP contribution in [0, 0.1) is 16.2 Å². The van der Waals surface area contributed by atoms with Gasteiger partial charge in [0.05, 0.1) is 0 Å². The van der Waals surface area contributed by atoms with Crippen molar-refractivity contribution in [3.63, 3.8) is 0 Å². The van der Waals surface area contributed by atoms with Gasteiger partial charge >= 0.3 is 0 Å². The first-order valence-electron chi connectivity index (χ1n) is 7.81. The average molecular weight is 268 g/mol. The predicted octanol–water partition coefficient (Wildman–Crippen LogP) is 5.35. The summed E-state index contributed by atoms with van der Waals surface area (Å²) in [7, 11) is 2.32. The van der Waals surface area contributed by atoms with Crippen molar-refractivity contribution in [3.8, 4) is 0 Å². The molecule has 0 N–H and O–H groups in total. The topological polar surface area (TPSA) is 3.24 Å². The van der Waals surface area contributed by atoms with Crippen LogP contribution in [0.3, 0.4) is 0 Å². The highest BCUT2D eigenvalue weighted by Gasteiger charge is 2.64. The Balaban J connectivity index is 3.42. The molecule has 0 aromatic rings. The summed E-state index contributed by atoms with van der Waals surface area (Å²) in [6.45, 7) is 24.2. The number of hydrogen-bond acceptors (Lipinski definition) is 1. The molecule has 19 heavy (non-hydrogen) atoms. The van der Waals surface area contributed by atoms with Crippen molar-refractivity contribution < 1.29 is 0 Å². The lowest BCUT2D eigenvalue weighted by molar-refractivity contribution is -0.0458. The molecule has 114 valence electrons. The Morgan fingerprint density at radius 3 is 1.53 bits per heavy atom. The molecule has 1 rings (SSSR count). The lowest BCUT2D eigenvalue weighted by Crippen LogP contribution is -2.56. The summed E-state index contributed by atoms with van der Waals surface area (Å²) >= 11 is 0. The molecule has 1 nitrogen and oxygen atoms in total. The zero-order valence-corrected chi connectivity index (χ0v) is 15.4. The fourth-order valence-electron chi connectivity index (χ4n) is 4.78. The monoisotopic (exact) mass is 267 g/mol. The van der Waals surface area contributed by atoms with E-state index in [2.05, 4.69) is 81.2 Å². The van der Waals surface area contributed by atoms with Gasteiger partial charge in [-0.1, -0.05) is 41.5 Å². The van der Waals surface area contributed by atoms with E-state index in [1.807, 2.05) is 0 Å².